The first kappa shape index (κ1) is 14.5. The second kappa shape index (κ2) is 6.15. The number of hydrogen-bond donors (Lipinski definition) is 2. The van der Waals surface area contributed by atoms with Gasteiger partial charge in [0.2, 0.25) is 0 Å². The Bertz CT molecular complexity index is 831. The van der Waals surface area contributed by atoms with Gasteiger partial charge in [-0.25, -0.2) is 4.98 Å². The number of pyridine rings is 1. The van der Waals surface area contributed by atoms with E-state index in [4.69, 9.17) is 4.74 Å². The highest BCUT2D eigenvalue weighted by Crippen LogP contribution is 2.29. The average molecular weight is 316 g/mol. The van der Waals surface area contributed by atoms with Crippen LogP contribution < -0.4 is 10.1 Å². The molecule has 0 bridgehead atoms. The summed E-state index contributed by atoms with van der Waals surface area (Å²) in [6.45, 7) is 2.39. The summed E-state index contributed by atoms with van der Waals surface area (Å²) in [6, 6.07) is 9.55. The van der Waals surface area contributed by atoms with Gasteiger partial charge in [0.1, 0.15) is 0 Å². The predicted octanol–water partition coefficient (Wildman–Crippen LogP) is 2.84. The molecule has 1 atom stereocenters. The fourth-order valence-corrected chi connectivity index (χ4v) is 2.59. The van der Waals surface area contributed by atoms with Crippen LogP contribution in [0.1, 0.15) is 6.92 Å². The van der Waals surface area contributed by atoms with Gasteiger partial charge in [-0.2, -0.15) is 5.10 Å². The summed E-state index contributed by atoms with van der Waals surface area (Å²) in [5.41, 5.74) is 0.939. The molecule has 2 N–H and O–H groups in total. The van der Waals surface area contributed by atoms with Crippen molar-refractivity contribution in [2.75, 3.05) is 18.2 Å². The molecule has 0 aliphatic rings. The number of aromatic nitrogens is 3. The highest BCUT2D eigenvalue weighted by atomic mass is 32.2. The largest absolute Gasteiger partial charge is 0.490 e. The monoisotopic (exact) mass is 316 g/mol. The lowest BCUT2D eigenvalue weighted by Crippen LogP contribution is -2.02. The van der Waals surface area contributed by atoms with E-state index in [1.807, 2.05) is 31.2 Å². The second-order valence-corrected chi connectivity index (χ2v) is 6.03. The fraction of sp³-hybridized carbons (Fsp3) is 0.200. The molecule has 0 aliphatic carbocycles. The van der Waals surface area contributed by atoms with E-state index in [-0.39, 0.29) is 0 Å². The molecule has 6 nitrogen and oxygen atoms in total. The molecule has 0 spiro atoms. The molecule has 0 fully saturated rings. The summed E-state index contributed by atoms with van der Waals surface area (Å²) in [5.74, 6) is 1.78. The minimum Gasteiger partial charge on any atom is -0.490 e. The van der Waals surface area contributed by atoms with E-state index in [9.17, 15) is 4.21 Å². The van der Waals surface area contributed by atoms with Crippen LogP contribution in [0.15, 0.2) is 41.4 Å². The molecular weight excluding hydrogens is 300 g/mol. The molecule has 0 saturated heterocycles. The van der Waals surface area contributed by atoms with Crippen molar-refractivity contribution in [1.82, 2.24) is 15.2 Å². The highest BCUT2D eigenvalue weighted by molar-refractivity contribution is 7.84. The zero-order valence-electron chi connectivity index (χ0n) is 12.3. The molecular formula is C15H16N4O2S. The van der Waals surface area contributed by atoms with Crippen LogP contribution in [0.5, 0.6) is 5.75 Å². The fourth-order valence-electron chi connectivity index (χ4n) is 2.11. The standard InChI is InChI=1S/C15H16N4O2S/c1-3-21-13-8-10(22(2)20)9-16-15(13)17-14-11-6-4-5-7-12(11)18-19-14/h4-9H,3H2,1-2H3,(H2,16,17,18,19). The summed E-state index contributed by atoms with van der Waals surface area (Å²) >= 11 is 0. The zero-order chi connectivity index (χ0) is 15.5. The van der Waals surface area contributed by atoms with Crippen molar-refractivity contribution in [3.05, 3.63) is 36.5 Å². The smallest absolute Gasteiger partial charge is 0.174 e. The van der Waals surface area contributed by atoms with Crippen molar-refractivity contribution >= 4 is 33.3 Å². The van der Waals surface area contributed by atoms with Gasteiger partial charge in [0.15, 0.2) is 17.4 Å². The molecule has 1 aromatic carbocycles. The molecule has 114 valence electrons. The van der Waals surface area contributed by atoms with Crippen LogP contribution >= 0.6 is 0 Å². The lowest BCUT2D eigenvalue weighted by Gasteiger charge is -2.11. The quantitative estimate of drug-likeness (QED) is 0.756. The Hall–Kier alpha value is -2.41. The van der Waals surface area contributed by atoms with Crippen LogP contribution in [-0.4, -0.2) is 32.3 Å². The van der Waals surface area contributed by atoms with E-state index in [0.717, 1.165) is 10.9 Å². The van der Waals surface area contributed by atoms with E-state index in [1.165, 1.54) is 0 Å². The minimum atomic E-state index is -1.10. The molecule has 3 aromatic rings. The maximum absolute atomic E-state index is 11.6. The summed E-state index contributed by atoms with van der Waals surface area (Å²) in [7, 11) is -1.10. The third kappa shape index (κ3) is 2.80. The summed E-state index contributed by atoms with van der Waals surface area (Å²) < 4.78 is 17.2. The number of ether oxygens (including phenoxy) is 1. The Labute approximate surface area is 130 Å². The third-order valence-corrected chi connectivity index (χ3v) is 4.05. The molecule has 0 aliphatic heterocycles. The van der Waals surface area contributed by atoms with Gasteiger partial charge >= 0.3 is 0 Å². The van der Waals surface area contributed by atoms with Crippen molar-refractivity contribution in [2.24, 2.45) is 0 Å². The topological polar surface area (TPSA) is 79.9 Å². The summed E-state index contributed by atoms with van der Waals surface area (Å²) in [4.78, 5) is 4.94. The molecule has 0 saturated carbocycles. The molecule has 22 heavy (non-hydrogen) atoms. The van der Waals surface area contributed by atoms with Crippen LogP contribution in [0.3, 0.4) is 0 Å². The van der Waals surface area contributed by atoms with E-state index in [0.29, 0.717) is 28.9 Å². The molecule has 1 unspecified atom stereocenters. The number of rotatable bonds is 5. The third-order valence-electron chi connectivity index (χ3n) is 3.17. The summed E-state index contributed by atoms with van der Waals surface area (Å²) in [6.07, 6.45) is 3.19. The Morgan fingerprint density at radius 1 is 1.32 bits per heavy atom. The van der Waals surface area contributed by atoms with E-state index in [2.05, 4.69) is 20.5 Å². The lowest BCUT2D eigenvalue weighted by molar-refractivity contribution is 0.340. The maximum Gasteiger partial charge on any atom is 0.174 e. The van der Waals surface area contributed by atoms with Crippen LogP contribution in [0.25, 0.3) is 10.9 Å². The summed E-state index contributed by atoms with van der Waals surface area (Å²) in [5, 5.41) is 11.4. The van der Waals surface area contributed by atoms with Crippen LogP contribution in [0, 0.1) is 0 Å². The van der Waals surface area contributed by atoms with E-state index < -0.39 is 10.8 Å². The van der Waals surface area contributed by atoms with Gasteiger partial charge in [0.05, 0.1) is 27.8 Å². The van der Waals surface area contributed by atoms with Crippen LogP contribution in [0.4, 0.5) is 11.6 Å². The zero-order valence-corrected chi connectivity index (χ0v) is 13.1. The Kier molecular flexibility index (Phi) is 4.06. The van der Waals surface area contributed by atoms with Crippen molar-refractivity contribution in [1.29, 1.82) is 0 Å². The van der Waals surface area contributed by atoms with Crippen molar-refractivity contribution in [2.45, 2.75) is 11.8 Å². The number of fused-ring (bicyclic) bond motifs is 1. The number of anilines is 2. The minimum absolute atomic E-state index is 0.497. The van der Waals surface area contributed by atoms with Gasteiger partial charge in [-0.1, -0.05) is 12.1 Å². The Morgan fingerprint density at radius 3 is 2.91 bits per heavy atom. The van der Waals surface area contributed by atoms with Gasteiger partial charge in [-0.05, 0) is 19.1 Å². The number of nitrogens with zero attached hydrogens (tertiary/aromatic N) is 2. The lowest BCUT2D eigenvalue weighted by atomic mass is 10.2. The van der Waals surface area contributed by atoms with E-state index >= 15 is 0 Å². The molecule has 7 heteroatoms. The average Bonchev–Trinajstić information content (AvgIpc) is 2.92. The second-order valence-electron chi connectivity index (χ2n) is 4.65. The molecule has 2 heterocycles. The Morgan fingerprint density at radius 2 is 2.14 bits per heavy atom. The van der Waals surface area contributed by atoms with Gasteiger partial charge in [0.25, 0.3) is 0 Å². The number of nitrogens with one attached hydrogen (secondary N) is 2. The maximum atomic E-state index is 11.6. The van der Waals surface area contributed by atoms with Gasteiger partial charge in [-0.15, -0.1) is 0 Å². The number of H-pyrrole nitrogens is 1. The predicted molar refractivity (Wildman–Crippen MR) is 87.1 cm³/mol. The number of hydrogen-bond acceptors (Lipinski definition) is 5. The molecule has 3 rings (SSSR count). The van der Waals surface area contributed by atoms with Crippen molar-refractivity contribution in [3.63, 3.8) is 0 Å². The number of para-hydroxylation sites is 1. The SMILES string of the molecule is CCOc1cc(S(C)=O)cnc1Nc1n[nH]c2ccccc12. The number of benzene rings is 1. The van der Waals surface area contributed by atoms with Gasteiger partial charge in [-0.3, -0.25) is 9.31 Å². The van der Waals surface area contributed by atoms with Crippen molar-refractivity contribution in [3.8, 4) is 5.75 Å². The van der Waals surface area contributed by atoms with Crippen molar-refractivity contribution < 1.29 is 8.95 Å². The van der Waals surface area contributed by atoms with Crippen LogP contribution in [0.2, 0.25) is 0 Å². The highest BCUT2D eigenvalue weighted by Gasteiger charge is 2.12. The van der Waals surface area contributed by atoms with Crippen LogP contribution in [-0.2, 0) is 10.8 Å². The molecule has 0 radical (unpaired) electrons. The molecule has 0 amide bonds. The van der Waals surface area contributed by atoms with E-state index in [1.54, 1.807) is 18.5 Å². The molecule has 2 aromatic heterocycles. The van der Waals surface area contributed by atoms with Gasteiger partial charge < -0.3 is 10.1 Å². The first-order valence-corrected chi connectivity index (χ1v) is 8.41. The van der Waals surface area contributed by atoms with Gasteiger partial charge in [0, 0.05) is 23.9 Å². The Balaban J connectivity index is 1.99. The first-order chi connectivity index (χ1) is 10.7. The normalized spacial score (nSPS) is 12.3. The number of aromatic amines is 1. The first-order valence-electron chi connectivity index (χ1n) is 6.85.